The van der Waals surface area contributed by atoms with Crippen molar-refractivity contribution < 1.29 is 9.59 Å². The first-order valence-electron chi connectivity index (χ1n) is 6.33. The van der Waals surface area contributed by atoms with Crippen LogP contribution in [0.1, 0.15) is 21.5 Å². The number of aryl methyl sites for hydroxylation is 1. The van der Waals surface area contributed by atoms with Gasteiger partial charge in [0.05, 0.1) is 11.3 Å². The predicted octanol–water partition coefficient (Wildman–Crippen LogP) is 2.49. The van der Waals surface area contributed by atoms with Gasteiger partial charge < -0.3 is 10.6 Å². The fourth-order valence-electron chi connectivity index (χ4n) is 1.97. The van der Waals surface area contributed by atoms with Crippen LogP contribution in [0.2, 0.25) is 0 Å². The van der Waals surface area contributed by atoms with E-state index in [0.717, 1.165) is 11.1 Å². The maximum absolute atomic E-state index is 12.1. The van der Waals surface area contributed by atoms with Crippen LogP contribution in [0.25, 0.3) is 0 Å². The summed E-state index contributed by atoms with van der Waals surface area (Å²) in [6.07, 6.45) is 0.562. The van der Waals surface area contributed by atoms with Crippen molar-refractivity contribution in [3.8, 4) is 0 Å². The largest absolute Gasteiger partial charge is 0.348 e. The highest BCUT2D eigenvalue weighted by molar-refractivity contribution is 6.01. The van der Waals surface area contributed by atoms with E-state index in [9.17, 15) is 9.59 Å². The monoisotopic (exact) mass is 268 g/mol. The summed E-state index contributed by atoms with van der Waals surface area (Å²) in [4.78, 5) is 22.7. The molecule has 0 atom stereocenters. The van der Waals surface area contributed by atoms with E-state index in [4.69, 9.17) is 0 Å². The molecule has 0 aliphatic carbocycles. The van der Waals surface area contributed by atoms with Crippen molar-refractivity contribution in [2.75, 3.05) is 5.32 Å². The van der Waals surface area contributed by atoms with Gasteiger partial charge in [0.1, 0.15) is 0 Å². The lowest BCUT2D eigenvalue weighted by molar-refractivity contribution is -0.105. The zero-order valence-corrected chi connectivity index (χ0v) is 11.2. The highest BCUT2D eigenvalue weighted by Gasteiger charge is 2.09. The van der Waals surface area contributed by atoms with Gasteiger partial charge in [0.25, 0.3) is 5.91 Å². The molecule has 0 fully saturated rings. The Balaban J connectivity index is 2.07. The third-order valence-corrected chi connectivity index (χ3v) is 2.92. The number of amides is 2. The lowest BCUT2D eigenvalue weighted by Gasteiger charge is -2.09. The predicted molar refractivity (Wildman–Crippen MR) is 78.5 cm³/mol. The van der Waals surface area contributed by atoms with Crippen LogP contribution >= 0.6 is 0 Å². The van der Waals surface area contributed by atoms with Crippen molar-refractivity contribution in [3.05, 3.63) is 65.2 Å². The topological polar surface area (TPSA) is 58.2 Å². The lowest BCUT2D eigenvalue weighted by atomic mass is 10.1. The second-order valence-corrected chi connectivity index (χ2v) is 4.48. The van der Waals surface area contributed by atoms with Gasteiger partial charge in [0.2, 0.25) is 6.41 Å². The molecule has 20 heavy (non-hydrogen) atoms. The van der Waals surface area contributed by atoms with Crippen LogP contribution in [-0.4, -0.2) is 12.3 Å². The maximum Gasteiger partial charge on any atom is 0.253 e. The molecule has 2 aromatic carbocycles. The fraction of sp³-hybridized carbons (Fsp3) is 0.125. The van der Waals surface area contributed by atoms with E-state index < -0.39 is 0 Å². The molecule has 0 heterocycles. The number of carbonyl (C=O) groups is 2. The number of carbonyl (C=O) groups excluding carboxylic acids is 2. The number of hydrogen-bond acceptors (Lipinski definition) is 2. The first-order valence-corrected chi connectivity index (χ1v) is 6.33. The molecule has 2 amide bonds. The Bertz CT molecular complexity index is 623. The summed E-state index contributed by atoms with van der Waals surface area (Å²) >= 11 is 0. The Kier molecular flexibility index (Phi) is 4.50. The van der Waals surface area contributed by atoms with Crippen LogP contribution in [0.5, 0.6) is 0 Å². The van der Waals surface area contributed by atoms with E-state index in [1.165, 1.54) is 0 Å². The first-order chi connectivity index (χ1) is 9.70. The molecule has 0 saturated carbocycles. The van der Waals surface area contributed by atoms with Gasteiger partial charge >= 0.3 is 0 Å². The van der Waals surface area contributed by atoms with Crippen LogP contribution in [0, 0.1) is 6.92 Å². The number of hydrogen-bond donors (Lipinski definition) is 2. The SMILES string of the molecule is Cc1cccc(CNC(=O)c2ccccc2NC=O)c1. The Morgan fingerprint density at radius 3 is 2.70 bits per heavy atom. The van der Waals surface area contributed by atoms with Crippen LogP contribution in [0.15, 0.2) is 48.5 Å². The molecule has 2 rings (SSSR count). The quantitative estimate of drug-likeness (QED) is 0.818. The number of rotatable bonds is 5. The van der Waals surface area contributed by atoms with Crippen molar-refractivity contribution in [2.45, 2.75) is 13.5 Å². The van der Waals surface area contributed by atoms with Crippen molar-refractivity contribution in [3.63, 3.8) is 0 Å². The van der Waals surface area contributed by atoms with Crippen LogP contribution in [0.4, 0.5) is 5.69 Å². The highest BCUT2D eigenvalue weighted by atomic mass is 16.1. The molecule has 2 N–H and O–H groups in total. The molecule has 0 radical (unpaired) electrons. The van der Waals surface area contributed by atoms with E-state index in [1.807, 2.05) is 31.2 Å². The van der Waals surface area contributed by atoms with Gasteiger partial charge in [-0.1, -0.05) is 42.0 Å². The van der Waals surface area contributed by atoms with E-state index in [-0.39, 0.29) is 5.91 Å². The zero-order chi connectivity index (χ0) is 14.4. The molecule has 0 aliphatic heterocycles. The van der Waals surface area contributed by atoms with Gasteiger partial charge in [0.15, 0.2) is 0 Å². The van der Waals surface area contributed by atoms with Crippen LogP contribution < -0.4 is 10.6 Å². The fourth-order valence-corrected chi connectivity index (χ4v) is 1.97. The Morgan fingerprint density at radius 1 is 1.15 bits per heavy atom. The van der Waals surface area contributed by atoms with Crippen LogP contribution in [0.3, 0.4) is 0 Å². The second-order valence-electron chi connectivity index (χ2n) is 4.48. The molecule has 0 bridgehead atoms. The molecular weight excluding hydrogens is 252 g/mol. The van der Waals surface area contributed by atoms with Gasteiger partial charge in [-0.3, -0.25) is 9.59 Å². The van der Waals surface area contributed by atoms with Gasteiger partial charge in [-0.25, -0.2) is 0 Å². The Morgan fingerprint density at radius 2 is 1.95 bits per heavy atom. The molecular formula is C16H16N2O2. The van der Waals surface area contributed by atoms with E-state index in [2.05, 4.69) is 10.6 Å². The maximum atomic E-state index is 12.1. The van der Waals surface area contributed by atoms with Crippen molar-refractivity contribution in [1.82, 2.24) is 5.32 Å². The summed E-state index contributed by atoms with van der Waals surface area (Å²) in [5.41, 5.74) is 3.15. The molecule has 0 spiro atoms. The highest BCUT2D eigenvalue weighted by Crippen LogP contribution is 2.14. The summed E-state index contributed by atoms with van der Waals surface area (Å²) in [5.74, 6) is -0.212. The van der Waals surface area contributed by atoms with E-state index in [0.29, 0.717) is 24.2 Å². The third kappa shape index (κ3) is 3.45. The van der Waals surface area contributed by atoms with E-state index in [1.54, 1.807) is 24.3 Å². The first kappa shape index (κ1) is 13.8. The smallest absolute Gasteiger partial charge is 0.253 e. The molecule has 4 heteroatoms. The van der Waals surface area contributed by atoms with Gasteiger partial charge in [-0.15, -0.1) is 0 Å². The van der Waals surface area contributed by atoms with Gasteiger partial charge in [0, 0.05) is 6.54 Å². The molecule has 2 aromatic rings. The lowest BCUT2D eigenvalue weighted by Crippen LogP contribution is -2.23. The Hall–Kier alpha value is -2.62. The summed E-state index contributed by atoms with van der Waals surface area (Å²) in [5, 5.41) is 5.37. The minimum atomic E-state index is -0.212. The van der Waals surface area contributed by atoms with Crippen molar-refractivity contribution >= 4 is 18.0 Å². The number of para-hydroxylation sites is 1. The van der Waals surface area contributed by atoms with E-state index >= 15 is 0 Å². The molecule has 0 unspecified atom stereocenters. The second kappa shape index (κ2) is 6.52. The van der Waals surface area contributed by atoms with Gasteiger partial charge in [-0.05, 0) is 24.6 Å². The molecule has 4 nitrogen and oxygen atoms in total. The molecule has 0 aromatic heterocycles. The number of anilines is 1. The van der Waals surface area contributed by atoms with Gasteiger partial charge in [-0.2, -0.15) is 0 Å². The summed E-state index contributed by atoms with van der Waals surface area (Å²) in [6, 6.07) is 14.8. The normalized spacial score (nSPS) is 9.85. The van der Waals surface area contributed by atoms with Crippen LogP contribution in [-0.2, 0) is 11.3 Å². The summed E-state index contributed by atoms with van der Waals surface area (Å²) < 4.78 is 0. The molecule has 102 valence electrons. The molecule has 0 saturated heterocycles. The summed E-state index contributed by atoms with van der Waals surface area (Å²) in [6.45, 7) is 2.46. The van der Waals surface area contributed by atoms with Crippen molar-refractivity contribution in [1.29, 1.82) is 0 Å². The number of nitrogens with one attached hydrogen (secondary N) is 2. The average Bonchev–Trinajstić information content (AvgIpc) is 2.46. The number of benzene rings is 2. The molecule has 0 aliphatic rings. The standard InChI is InChI=1S/C16H16N2O2/c1-12-5-4-6-13(9-12)10-17-16(20)14-7-2-3-8-15(14)18-11-19/h2-9,11H,10H2,1H3,(H,17,20)(H,18,19). The summed E-state index contributed by atoms with van der Waals surface area (Å²) in [7, 11) is 0. The van der Waals surface area contributed by atoms with Crippen molar-refractivity contribution in [2.24, 2.45) is 0 Å². The Labute approximate surface area is 117 Å². The minimum Gasteiger partial charge on any atom is -0.348 e. The third-order valence-electron chi connectivity index (χ3n) is 2.92. The minimum absolute atomic E-state index is 0.212. The average molecular weight is 268 g/mol. The zero-order valence-electron chi connectivity index (χ0n) is 11.2.